The molecule has 1 heterocycles. The molecule has 0 radical (unpaired) electrons. The summed E-state index contributed by atoms with van der Waals surface area (Å²) in [5.41, 5.74) is 1.80. The monoisotopic (exact) mass is 388 g/mol. The number of alkyl halides is 4. The Bertz CT molecular complexity index is 652. The van der Waals surface area contributed by atoms with Gasteiger partial charge in [-0.3, -0.25) is 0 Å². The van der Waals surface area contributed by atoms with Crippen LogP contribution in [0.15, 0.2) is 12.1 Å². The fourth-order valence-electron chi connectivity index (χ4n) is 2.11. The Morgan fingerprint density at radius 3 is 1.45 bits per heavy atom. The summed E-state index contributed by atoms with van der Waals surface area (Å²) in [6, 6.07) is 3.21. The largest absolute Gasteiger partial charge is 0.246 e. The van der Waals surface area contributed by atoms with Crippen molar-refractivity contribution in [2.75, 3.05) is 0 Å². The van der Waals surface area contributed by atoms with E-state index < -0.39 is 8.67 Å². The molecule has 106 valence electrons. The zero-order valence-electron chi connectivity index (χ0n) is 9.73. The SMILES string of the molecule is Clc1cc2nc3c(nc2cc1Cl)C(Cl)(Cl)CCC3(Cl)Cl. The first kappa shape index (κ1) is 15.2. The number of benzene rings is 1. The van der Waals surface area contributed by atoms with Gasteiger partial charge in [0.05, 0.1) is 21.1 Å². The minimum Gasteiger partial charge on any atom is -0.246 e. The second kappa shape index (κ2) is 4.91. The molecule has 1 aromatic carbocycles. The maximum absolute atomic E-state index is 6.29. The lowest BCUT2D eigenvalue weighted by molar-refractivity contribution is 0.551. The maximum atomic E-state index is 6.29. The molecule has 20 heavy (non-hydrogen) atoms. The van der Waals surface area contributed by atoms with E-state index in [2.05, 4.69) is 9.97 Å². The lowest BCUT2D eigenvalue weighted by atomic mass is 9.98. The predicted octanol–water partition coefficient (Wildman–Crippen LogP) is 5.99. The maximum Gasteiger partial charge on any atom is 0.161 e. The molecule has 1 aliphatic rings. The summed E-state index contributed by atoms with van der Waals surface area (Å²) >= 11 is 37.1. The number of rotatable bonds is 0. The van der Waals surface area contributed by atoms with Gasteiger partial charge in [0.2, 0.25) is 0 Å². The van der Waals surface area contributed by atoms with E-state index in [4.69, 9.17) is 69.6 Å². The molecule has 1 aliphatic carbocycles. The molecule has 0 unspecified atom stereocenters. The van der Waals surface area contributed by atoms with E-state index in [0.29, 0.717) is 45.3 Å². The number of hydrogen-bond donors (Lipinski definition) is 0. The Hall–Kier alpha value is 0.300. The van der Waals surface area contributed by atoms with E-state index in [9.17, 15) is 0 Å². The summed E-state index contributed by atoms with van der Waals surface area (Å²) in [4.78, 5) is 8.86. The van der Waals surface area contributed by atoms with Crippen molar-refractivity contribution in [2.45, 2.75) is 21.5 Å². The van der Waals surface area contributed by atoms with Crippen LogP contribution in [-0.2, 0) is 8.67 Å². The number of fused-ring (bicyclic) bond motifs is 2. The lowest BCUT2D eigenvalue weighted by Gasteiger charge is -2.33. The Balaban J connectivity index is 2.36. The van der Waals surface area contributed by atoms with E-state index in [1.165, 1.54) is 0 Å². The van der Waals surface area contributed by atoms with Crippen LogP contribution in [0.2, 0.25) is 10.0 Å². The molecule has 3 rings (SSSR count). The summed E-state index contributed by atoms with van der Waals surface area (Å²) < 4.78 is -2.34. The number of aromatic nitrogens is 2. The normalized spacial score (nSPS) is 19.9. The van der Waals surface area contributed by atoms with Crippen molar-refractivity contribution in [1.82, 2.24) is 9.97 Å². The second-order valence-electron chi connectivity index (χ2n) is 4.58. The highest BCUT2D eigenvalue weighted by Crippen LogP contribution is 2.53. The molecule has 0 bridgehead atoms. The zero-order chi connectivity index (χ0) is 14.7. The van der Waals surface area contributed by atoms with E-state index >= 15 is 0 Å². The van der Waals surface area contributed by atoms with Crippen molar-refractivity contribution in [2.24, 2.45) is 0 Å². The second-order valence-corrected chi connectivity index (χ2v) is 8.37. The van der Waals surface area contributed by atoms with E-state index in [-0.39, 0.29) is 0 Å². The molecule has 2 aromatic rings. The van der Waals surface area contributed by atoms with Gasteiger partial charge in [-0.2, -0.15) is 0 Å². The van der Waals surface area contributed by atoms with E-state index in [1.54, 1.807) is 12.1 Å². The molecule has 0 atom stereocenters. The van der Waals surface area contributed by atoms with Crippen LogP contribution < -0.4 is 0 Å². The van der Waals surface area contributed by atoms with E-state index in [1.807, 2.05) is 0 Å². The quantitative estimate of drug-likeness (QED) is 0.516. The van der Waals surface area contributed by atoms with Crippen molar-refractivity contribution in [3.8, 4) is 0 Å². The lowest BCUT2D eigenvalue weighted by Crippen LogP contribution is -2.30. The highest BCUT2D eigenvalue weighted by Gasteiger charge is 2.46. The number of hydrogen-bond acceptors (Lipinski definition) is 2. The van der Waals surface area contributed by atoms with Gasteiger partial charge in [-0.15, -0.1) is 0 Å². The van der Waals surface area contributed by atoms with Gasteiger partial charge in [0.25, 0.3) is 0 Å². The molecule has 0 spiro atoms. The van der Waals surface area contributed by atoms with Gasteiger partial charge in [0, 0.05) is 0 Å². The Labute approximate surface area is 145 Å². The van der Waals surface area contributed by atoms with Gasteiger partial charge < -0.3 is 0 Å². The first-order chi connectivity index (χ1) is 9.21. The third-order valence-electron chi connectivity index (χ3n) is 3.15. The highest BCUT2D eigenvalue weighted by molar-refractivity contribution is 6.51. The molecule has 0 aliphatic heterocycles. The van der Waals surface area contributed by atoms with Gasteiger partial charge in [-0.1, -0.05) is 69.6 Å². The van der Waals surface area contributed by atoms with Crippen LogP contribution in [0.25, 0.3) is 11.0 Å². The summed E-state index contributed by atoms with van der Waals surface area (Å²) in [7, 11) is 0. The molecular weight excluding hydrogens is 385 g/mol. The summed E-state index contributed by atoms with van der Waals surface area (Å²) in [6.07, 6.45) is 0.773. The Morgan fingerprint density at radius 2 is 1.10 bits per heavy atom. The third kappa shape index (κ3) is 2.45. The van der Waals surface area contributed by atoms with Crippen molar-refractivity contribution in [1.29, 1.82) is 0 Å². The fraction of sp³-hybridized carbons (Fsp3) is 0.333. The molecular formula is C12H6Cl6N2. The topological polar surface area (TPSA) is 25.8 Å². The highest BCUT2D eigenvalue weighted by atomic mass is 35.5. The summed E-state index contributed by atoms with van der Waals surface area (Å²) in [5.74, 6) is 0. The molecule has 2 nitrogen and oxygen atoms in total. The first-order valence-corrected chi connectivity index (χ1v) is 7.91. The molecule has 0 amide bonds. The summed E-state index contributed by atoms with van der Waals surface area (Å²) in [6.45, 7) is 0. The summed E-state index contributed by atoms with van der Waals surface area (Å²) in [5, 5.41) is 0.754. The average molecular weight is 391 g/mol. The van der Waals surface area contributed by atoms with Crippen molar-refractivity contribution >= 4 is 80.6 Å². The molecule has 0 saturated carbocycles. The molecule has 1 aromatic heterocycles. The minimum atomic E-state index is -1.17. The van der Waals surface area contributed by atoms with Crippen LogP contribution in [0.4, 0.5) is 0 Å². The smallest absolute Gasteiger partial charge is 0.161 e. The van der Waals surface area contributed by atoms with Crippen LogP contribution in [0.3, 0.4) is 0 Å². The van der Waals surface area contributed by atoms with Crippen LogP contribution in [-0.4, -0.2) is 9.97 Å². The van der Waals surface area contributed by atoms with E-state index in [0.717, 1.165) is 0 Å². The average Bonchev–Trinajstić information content (AvgIpc) is 2.35. The van der Waals surface area contributed by atoms with Gasteiger partial charge in [-0.25, -0.2) is 9.97 Å². The van der Waals surface area contributed by atoms with Gasteiger partial charge in [-0.05, 0) is 25.0 Å². The molecule has 8 heteroatoms. The van der Waals surface area contributed by atoms with Crippen molar-refractivity contribution in [3.05, 3.63) is 33.6 Å². The Kier molecular flexibility index (Phi) is 3.73. The van der Waals surface area contributed by atoms with Crippen molar-refractivity contribution < 1.29 is 0 Å². The minimum absolute atomic E-state index is 0.364. The van der Waals surface area contributed by atoms with Gasteiger partial charge >= 0.3 is 0 Å². The third-order valence-corrected chi connectivity index (χ3v) is 5.35. The predicted molar refractivity (Wildman–Crippen MR) is 85.6 cm³/mol. The fourth-order valence-corrected chi connectivity index (χ4v) is 3.33. The first-order valence-electron chi connectivity index (χ1n) is 5.64. The van der Waals surface area contributed by atoms with Crippen LogP contribution >= 0.6 is 69.6 Å². The zero-order valence-corrected chi connectivity index (χ0v) is 14.3. The molecule has 0 N–H and O–H groups in total. The van der Waals surface area contributed by atoms with Crippen LogP contribution in [0, 0.1) is 0 Å². The molecule has 0 fully saturated rings. The van der Waals surface area contributed by atoms with Gasteiger partial charge in [0.15, 0.2) is 8.67 Å². The van der Waals surface area contributed by atoms with Crippen molar-refractivity contribution in [3.63, 3.8) is 0 Å². The number of nitrogens with zero attached hydrogens (tertiary/aromatic N) is 2. The van der Waals surface area contributed by atoms with Gasteiger partial charge in [0.1, 0.15) is 11.4 Å². The Morgan fingerprint density at radius 1 is 0.750 bits per heavy atom. The standard InChI is InChI=1S/C12H6Cl6N2/c13-5-3-7-8(4-6(5)14)20-10-9(19-7)11(15,16)1-2-12(10,17)18/h3-4H,1-2H2. The molecule has 0 saturated heterocycles. The van der Waals surface area contributed by atoms with Crippen LogP contribution in [0.5, 0.6) is 0 Å². The number of halogens is 6. The van der Waals surface area contributed by atoms with Crippen LogP contribution in [0.1, 0.15) is 24.2 Å².